The molecule has 0 N–H and O–H groups in total. The lowest BCUT2D eigenvalue weighted by Crippen LogP contribution is -2.35. The Hall–Kier alpha value is -4.36. The highest BCUT2D eigenvalue weighted by Gasteiger charge is 2.29. The highest BCUT2D eigenvalue weighted by molar-refractivity contribution is 5.71. The van der Waals surface area contributed by atoms with Gasteiger partial charge in [-0.3, -0.25) is 9.36 Å². The normalized spacial score (nSPS) is 16.7. The van der Waals surface area contributed by atoms with E-state index in [1.807, 2.05) is 13.0 Å². The van der Waals surface area contributed by atoms with Crippen LogP contribution in [-0.2, 0) is 27.1 Å². The van der Waals surface area contributed by atoms with Gasteiger partial charge in [0.05, 0.1) is 30.0 Å². The van der Waals surface area contributed by atoms with Gasteiger partial charge in [-0.1, -0.05) is 43.7 Å². The third-order valence-electron chi connectivity index (χ3n) is 8.01. The first kappa shape index (κ1) is 30.1. The Balaban J connectivity index is 1.48. The zero-order valence-electron chi connectivity index (χ0n) is 24.8. The van der Waals surface area contributed by atoms with Crippen LogP contribution >= 0.6 is 0 Å². The van der Waals surface area contributed by atoms with Gasteiger partial charge in [-0.05, 0) is 74.8 Å². The lowest BCUT2D eigenvalue weighted by atomic mass is 9.92. The molecule has 10 heteroatoms. The Morgan fingerprint density at radius 3 is 2.60 bits per heavy atom. The number of hydrogen-bond acceptors (Lipinski definition) is 7. The Morgan fingerprint density at radius 2 is 1.91 bits per heavy atom. The topological polar surface area (TPSA) is 112 Å². The van der Waals surface area contributed by atoms with Gasteiger partial charge in [-0.2, -0.15) is 15.3 Å². The van der Waals surface area contributed by atoms with Gasteiger partial charge in [0.1, 0.15) is 18.2 Å². The van der Waals surface area contributed by atoms with Crippen LogP contribution in [0.5, 0.6) is 0 Å². The van der Waals surface area contributed by atoms with Crippen LogP contribution in [0.25, 0.3) is 16.9 Å². The van der Waals surface area contributed by atoms with Crippen LogP contribution in [0.1, 0.15) is 80.2 Å². The number of halogens is 1. The Bertz CT molecular complexity index is 1730. The fourth-order valence-electron chi connectivity index (χ4n) is 5.97. The molecule has 1 aliphatic rings. The molecule has 2 heterocycles. The molecule has 4 aromatic rings. The predicted octanol–water partition coefficient (Wildman–Crippen LogP) is 5.48. The van der Waals surface area contributed by atoms with E-state index in [4.69, 9.17) is 9.47 Å². The summed E-state index contributed by atoms with van der Waals surface area (Å²) < 4.78 is 29.8. The summed E-state index contributed by atoms with van der Waals surface area (Å²) in [5.74, 6) is 0.232. The fourth-order valence-corrected chi connectivity index (χ4v) is 5.97. The minimum atomic E-state index is -0.437. The van der Waals surface area contributed by atoms with Crippen molar-refractivity contribution in [1.29, 1.82) is 5.26 Å². The van der Waals surface area contributed by atoms with Crippen molar-refractivity contribution in [3.05, 3.63) is 86.8 Å². The summed E-state index contributed by atoms with van der Waals surface area (Å²) in [5, 5.41) is 14.1. The standard InChI is InChI=1S/C33H36FN5O4/c1-4-8-30-28(17-23-12-11-22(18-29(23)34)27-10-7-6-9-24(27)19-35)32(41)38(33-36-21(3)37-39(30)33)25-13-15-26(16-14-25)43-20-31(40)42-5-2/h6-7,9-12,18,25-26H,4-5,8,13-17,20H2,1-3H3. The van der Waals surface area contributed by atoms with E-state index < -0.39 is 5.82 Å². The molecule has 2 aromatic heterocycles. The van der Waals surface area contributed by atoms with Crippen molar-refractivity contribution in [1.82, 2.24) is 19.2 Å². The zero-order valence-corrected chi connectivity index (χ0v) is 24.8. The summed E-state index contributed by atoms with van der Waals surface area (Å²) in [4.78, 5) is 30.6. The smallest absolute Gasteiger partial charge is 0.332 e. The molecule has 5 rings (SSSR count). The van der Waals surface area contributed by atoms with Crippen LogP contribution < -0.4 is 5.56 Å². The zero-order chi connectivity index (χ0) is 30.5. The van der Waals surface area contributed by atoms with Gasteiger partial charge in [0.15, 0.2) is 0 Å². The van der Waals surface area contributed by atoms with E-state index >= 15 is 4.39 Å². The summed E-state index contributed by atoms with van der Waals surface area (Å²) in [6.07, 6.45) is 4.08. The van der Waals surface area contributed by atoms with Crippen LogP contribution in [0.2, 0.25) is 0 Å². The monoisotopic (exact) mass is 585 g/mol. The third-order valence-corrected chi connectivity index (χ3v) is 8.01. The van der Waals surface area contributed by atoms with Crippen LogP contribution in [0.4, 0.5) is 4.39 Å². The molecule has 43 heavy (non-hydrogen) atoms. The molecule has 0 amide bonds. The SMILES string of the molecule is CCCc1c(Cc2ccc(-c3ccccc3C#N)cc2F)c(=O)n(C2CCC(OCC(=O)OCC)CC2)c2nc(C)nn12. The summed E-state index contributed by atoms with van der Waals surface area (Å²) in [5.41, 5.74) is 3.19. The number of hydrogen-bond donors (Lipinski definition) is 0. The van der Waals surface area contributed by atoms with Gasteiger partial charge in [-0.25, -0.2) is 13.7 Å². The summed E-state index contributed by atoms with van der Waals surface area (Å²) in [7, 11) is 0. The van der Waals surface area contributed by atoms with E-state index in [-0.39, 0.29) is 36.7 Å². The number of nitriles is 1. The van der Waals surface area contributed by atoms with Crippen molar-refractivity contribution in [3.8, 4) is 17.2 Å². The average molecular weight is 586 g/mol. The van der Waals surface area contributed by atoms with Crippen molar-refractivity contribution in [3.63, 3.8) is 0 Å². The lowest BCUT2D eigenvalue weighted by Gasteiger charge is -2.30. The molecule has 0 spiro atoms. The van der Waals surface area contributed by atoms with E-state index in [1.54, 1.807) is 53.3 Å². The number of ether oxygens (including phenoxy) is 2. The highest BCUT2D eigenvalue weighted by atomic mass is 19.1. The maximum atomic E-state index is 15.6. The number of benzene rings is 2. The molecule has 9 nitrogen and oxygen atoms in total. The van der Waals surface area contributed by atoms with Gasteiger partial charge >= 0.3 is 5.97 Å². The summed E-state index contributed by atoms with van der Waals surface area (Å²) >= 11 is 0. The molecule has 0 aliphatic heterocycles. The van der Waals surface area contributed by atoms with Crippen LogP contribution in [0.15, 0.2) is 47.3 Å². The first-order chi connectivity index (χ1) is 20.8. The Morgan fingerprint density at radius 1 is 1.14 bits per heavy atom. The number of aromatic nitrogens is 4. The van der Waals surface area contributed by atoms with Gasteiger partial charge in [0.25, 0.3) is 5.56 Å². The van der Waals surface area contributed by atoms with Crippen LogP contribution in [-0.4, -0.2) is 44.5 Å². The molecule has 224 valence electrons. The molecule has 1 fully saturated rings. The summed E-state index contributed by atoms with van der Waals surface area (Å²) in [6, 6.07) is 14.0. The minimum Gasteiger partial charge on any atom is -0.464 e. The first-order valence-corrected chi connectivity index (χ1v) is 14.9. The van der Waals surface area contributed by atoms with Gasteiger partial charge < -0.3 is 9.47 Å². The molecule has 1 aliphatic carbocycles. The fraction of sp³-hybridized carbons (Fsp3) is 0.424. The van der Waals surface area contributed by atoms with E-state index in [1.165, 1.54) is 6.07 Å². The Labute approximate surface area is 249 Å². The number of rotatable bonds is 10. The molecule has 0 unspecified atom stereocenters. The number of carbonyl (C=O) groups excluding carboxylic acids is 1. The molecule has 2 aromatic carbocycles. The van der Waals surface area contributed by atoms with Gasteiger partial charge in [0, 0.05) is 18.0 Å². The van der Waals surface area contributed by atoms with E-state index in [0.29, 0.717) is 78.1 Å². The van der Waals surface area contributed by atoms with Crippen molar-refractivity contribution in [2.75, 3.05) is 13.2 Å². The van der Waals surface area contributed by atoms with Crippen molar-refractivity contribution < 1.29 is 18.7 Å². The molecule has 0 saturated heterocycles. The molecular formula is C33H36FN5O4. The lowest BCUT2D eigenvalue weighted by molar-refractivity contribution is -0.151. The number of carbonyl (C=O) groups is 1. The van der Waals surface area contributed by atoms with E-state index in [9.17, 15) is 14.9 Å². The second kappa shape index (κ2) is 13.3. The van der Waals surface area contributed by atoms with Gasteiger partial charge in [0.2, 0.25) is 5.78 Å². The number of esters is 1. The van der Waals surface area contributed by atoms with Crippen molar-refractivity contribution >= 4 is 11.7 Å². The van der Waals surface area contributed by atoms with E-state index in [0.717, 1.165) is 12.1 Å². The maximum absolute atomic E-state index is 15.6. The molecule has 0 bridgehead atoms. The largest absolute Gasteiger partial charge is 0.464 e. The molecule has 0 radical (unpaired) electrons. The first-order valence-electron chi connectivity index (χ1n) is 14.9. The van der Waals surface area contributed by atoms with Crippen LogP contribution in [0.3, 0.4) is 0 Å². The Kier molecular flexibility index (Phi) is 9.31. The third kappa shape index (κ3) is 6.37. The molecular weight excluding hydrogens is 549 g/mol. The van der Waals surface area contributed by atoms with Crippen LogP contribution in [0, 0.1) is 24.1 Å². The number of fused-ring (bicyclic) bond motifs is 1. The second-order valence-electron chi connectivity index (χ2n) is 10.9. The quantitative estimate of drug-likeness (QED) is 0.227. The van der Waals surface area contributed by atoms with Crippen molar-refractivity contribution in [2.24, 2.45) is 0 Å². The number of aryl methyl sites for hydroxylation is 2. The second-order valence-corrected chi connectivity index (χ2v) is 10.9. The van der Waals surface area contributed by atoms with E-state index in [2.05, 4.69) is 16.2 Å². The average Bonchev–Trinajstić information content (AvgIpc) is 3.40. The molecule has 0 atom stereocenters. The highest BCUT2D eigenvalue weighted by Crippen LogP contribution is 2.32. The van der Waals surface area contributed by atoms with Crippen molar-refractivity contribution in [2.45, 2.75) is 77.9 Å². The number of nitrogens with zero attached hydrogens (tertiary/aromatic N) is 5. The molecule has 1 saturated carbocycles. The minimum absolute atomic E-state index is 0.0843. The summed E-state index contributed by atoms with van der Waals surface area (Å²) in [6.45, 7) is 5.82. The predicted molar refractivity (Wildman–Crippen MR) is 159 cm³/mol. The van der Waals surface area contributed by atoms with Gasteiger partial charge in [-0.15, -0.1) is 0 Å². The maximum Gasteiger partial charge on any atom is 0.332 e.